The Morgan fingerprint density at radius 1 is 1.25 bits per heavy atom. The number of fused-ring (bicyclic) bond motifs is 1. The molecule has 2 aliphatic heterocycles. The molecular formula is C17H23NO2. The van der Waals surface area contributed by atoms with Crippen LogP contribution in [0.25, 0.3) is 0 Å². The first-order chi connectivity index (χ1) is 9.50. The number of carbonyl (C=O) groups excluding carboxylic acids is 1. The van der Waals surface area contributed by atoms with E-state index in [2.05, 4.69) is 27.7 Å². The molecule has 3 nitrogen and oxygen atoms in total. The van der Waals surface area contributed by atoms with Crippen molar-refractivity contribution in [1.29, 1.82) is 0 Å². The monoisotopic (exact) mass is 273 g/mol. The van der Waals surface area contributed by atoms with Gasteiger partial charge in [-0.15, -0.1) is 0 Å². The minimum Gasteiger partial charge on any atom is -0.351 e. The highest BCUT2D eigenvalue weighted by atomic mass is 16.5. The Bertz CT molecular complexity index is 513. The summed E-state index contributed by atoms with van der Waals surface area (Å²) in [5.74, 6) is 1.02. The fourth-order valence-electron chi connectivity index (χ4n) is 3.95. The summed E-state index contributed by atoms with van der Waals surface area (Å²) in [4.78, 5) is 14.8. The van der Waals surface area contributed by atoms with Crippen molar-refractivity contribution in [1.82, 2.24) is 4.90 Å². The molecule has 1 unspecified atom stereocenters. The van der Waals surface area contributed by atoms with E-state index in [1.807, 2.05) is 35.2 Å². The molecule has 0 spiro atoms. The van der Waals surface area contributed by atoms with E-state index in [4.69, 9.17) is 4.74 Å². The Kier molecular flexibility index (Phi) is 3.13. The summed E-state index contributed by atoms with van der Waals surface area (Å²) in [7, 11) is 0. The number of ether oxygens (including phenoxy) is 1. The topological polar surface area (TPSA) is 29.5 Å². The summed E-state index contributed by atoms with van der Waals surface area (Å²) in [6.07, 6.45) is -0.224. The van der Waals surface area contributed by atoms with E-state index in [9.17, 15) is 4.79 Å². The first kappa shape index (κ1) is 13.6. The molecule has 0 aromatic heterocycles. The first-order valence-corrected chi connectivity index (χ1v) is 7.50. The molecule has 2 heterocycles. The van der Waals surface area contributed by atoms with Crippen molar-refractivity contribution in [3.63, 3.8) is 0 Å². The van der Waals surface area contributed by atoms with Gasteiger partial charge in [0.05, 0.1) is 12.1 Å². The summed E-state index contributed by atoms with van der Waals surface area (Å²) >= 11 is 0. The average molecular weight is 273 g/mol. The van der Waals surface area contributed by atoms with Gasteiger partial charge in [0.25, 0.3) is 0 Å². The predicted octanol–water partition coefficient (Wildman–Crippen LogP) is 3.22. The Morgan fingerprint density at radius 2 is 1.90 bits per heavy atom. The Balaban J connectivity index is 2.06. The molecule has 2 aliphatic rings. The SMILES string of the molecule is CC(C)[C@@]12COC(c3ccccc3)N1C(=O)[C@H](C)[C@@H]2C. The van der Waals surface area contributed by atoms with Gasteiger partial charge < -0.3 is 9.64 Å². The third kappa shape index (κ3) is 1.59. The van der Waals surface area contributed by atoms with Crippen LogP contribution in [0.15, 0.2) is 30.3 Å². The lowest BCUT2D eigenvalue weighted by Crippen LogP contribution is -2.50. The molecule has 3 heteroatoms. The molecule has 2 saturated heterocycles. The number of hydrogen-bond donors (Lipinski definition) is 0. The van der Waals surface area contributed by atoms with Crippen LogP contribution in [0.1, 0.15) is 39.5 Å². The number of nitrogens with zero attached hydrogens (tertiary/aromatic N) is 1. The van der Waals surface area contributed by atoms with Gasteiger partial charge >= 0.3 is 0 Å². The molecule has 1 aromatic rings. The molecule has 3 rings (SSSR count). The van der Waals surface area contributed by atoms with Gasteiger partial charge in [-0.05, 0) is 11.8 Å². The van der Waals surface area contributed by atoms with E-state index in [1.54, 1.807) is 0 Å². The van der Waals surface area contributed by atoms with Crippen LogP contribution in [0.2, 0.25) is 0 Å². The van der Waals surface area contributed by atoms with E-state index in [-0.39, 0.29) is 23.6 Å². The van der Waals surface area contributed by atoms with Gasteiger partial charge in [0.1, 0.15) is 0 Å². The number of benzene rings is 1. The summed E-state index contributed by atoms with van der Waals surface area (Å²) in [6.45, 7) is 9.29. The molecule has 4 atom stereocenters. The summed E-state index contributed by atoms with van der Waals surface area (Å²) in [5, 5.41) is 0. The van der Waals surface area contributed by atoms with E-state index < -0.39 is 0 Å². The highest BCUT2D eigenvalue weighted by molar-refractivity contribution is 5.83. The van der Waals surface area contributed by atoms with E-state index in [1.165, 1.54) is 0 Å². The van der Waals surface area contributed by atoms with Crippen molar-refractivity contribution in [2.24, 2.45) is 17.8 Å². The van der Waals surface area contributed by atoms with Gasteiger partial charge in [0.2, 0.25) is 5.91 Å². The molecule has 0 radical (unpaired) electrons. The van der Waals surface area contributed by atoms with Gasteiger partial charge in [0, 0.05) is 11.5 Å². The van der Waals surface area contributed by atoms with Crippen LogP contribution in [0, 0.1) is 17.8 Å². The second-order valence-corrected chi connectivity index (χ2v) is 6.51. The molecule has 0 aliphatic carbocycles. The van der Waals surface area contributed by atoms with Crippen molar-refractivity contribution < 1.29 is 9.53 Å². The number of amides is 1. The lowest BCUT2D eigenvalue weighted by molar-refractivity contribution is -0.139. The maximum Gasteiger partial charge on any atom is 0.228 e. The number of hydrogen-bond acceptors (Lipinski definition) is 2. The lowest BCUT2D eigenvalue weighted by Gasteiger charge is -2.39. The van der Waals surface area contributed by atoms with Crippen LogP contribution in [0.5, 0.6) is 0 Å². The van der Waals surface area contributed by atoms with Crippen LogP contribution in [0.4, 0.5) is 0 Å². The van der Waals surface area contributed by atoms with E-state index in [0.717, 1.165) is 5.56 Å². The zero-order valence-corrected chi connectivity index (χ0v) is 12.7. The predicted molar refractivity (Wildman–Crippen MR) is 77.9 cm³/mol. The van der Waals surface area contributed by atoms with E-state index in [0.29, 0.717) is 18.4 Å². The minimum absolute atomic E-state index is 0.0764. The van der Waals surface area contributed by atoms with Crippen molar-refractivity contribution >= 4 is 5.91 Å². The molecule has 0 bridgehead atoms. The quantitative estimate of drug-likeness (QED) is 0.828. The van der Waals surface area contributed by atoms with Crippen LogP contribution in [-0.4, -0.2) is 23.0 Å². The first-order valence-electron chi connectivity index (χ1n) is 7.50. The third-order valence-electron chi connectivity index (χ3n) is 5.41. The van der Waals surface area contributed by atoms with Crippen molar-refractivity contribution in [2.75, 3.05) is 6.61 Å². The maximum absolute atomic E-state index is 12.7. The maximum atomic E-state index is 12.7. The highest BCUT2D eigenvalue weighted by Gasteiger charge is 2.62. The highest BCUT2D eigenvalue weighted by Crippen LogP contribution is 2.53. The Labute approximate surface area is 120 Å². The minimum atomic E-state index is -0.224. The fraction of sp³-hybridized carbons (Fsp3) is 0.588. The Hall–Kier alpha value is -1.35. The smallest absolute Gasteiger partial charge is 0.228 e. The molecule has 0 N–H and O–H groups in total. The second kappa shape index (κ2) is 4.59. The molecular weight excluding hydrogens is 250 g/mol. The average Bonchev–Trinajstić information content (AvgIpc) is 2.94. The standard InChI is InChI=1S/C17H23NO2/c1-11(2)17-10-20-16(14-8-6-5-7-9-14)18(17)15(19)12(3)13(17)4/h5-9,11-13,16H,10H2,1-4H3/t12-,13+,16?,17-/m1/s1. The van der Waals surface area contributed by atoms with Crippen molar-refractivity contribution in [3.8, 4) is 0 Å². The summed E-state index contributed by atoms with van der Waals surface area (Å²) in [5.41, 5.74) is 0.918. The second-order valence-electron chi connectivity index (χ2n) is 6.51. The molecule has 20 heavy (non-hydrogen) atoms. The van der Waals surface area contributed by atoms with Crippen LogP contribution >= 0.6 is 0 Å². The number of carbonyl (C=O) groups is 1. The summed E-state index contributed by atoms with van der Waals surface area (Å²) in [6, 6.07) is 10.1. The molecule has 0 saturated carbocycles. The van der Waals surface area contributed by atoms with Gasteiger partial charge in [-0.25, -0.2) is 0 Å². The van der Waals surface area contributed by atoms with Gasteiger partial charge in [-0.2, -0.15) is 0 Å². The van der Waals surface area contributed by atoms with Gasteiger partial charge in [0.15, 0.2) is 6.23 Å². The third-order valence-corrected chi connectivity index (χ3v) is 5.41. The summed E-state index contributed by atoms with van der Waals surface area (Å²) < 4.78 is 6.06. The largest absolute Gasteiger partial charge is 0.351 e. The normalized spacial score (nSPS) is 36.8. The molecule has 108 valence electrons. The zero-order chi connectivity index (χ0) is 14.5. The lowest BCUT2D eigenvalue weighted by atomic mass is 9.75. The molecule has 2 fully saturated rings. The van der Waals surface area contributed by atoms with Gasteiger partial charge in [-0.1, -0.05) is 58.0 Å². The van der Waals surface area contributed by atoms with Crippen molar-refractivity contribution in [2.45, 2.75) is 39.5 Å². The van der Waals surface area contributed by atoms with Gasteiger partial charge in [-0.3, -0.25) is 4.79 Å². The van der Waals surface area contributed by atoms with E-state index >= 15 is 0 Å². The van der Waals surface area contributed by atoms with Crippen LogP contribution < -0.4 is 0 Å². The van der Waals surface area contributed by atoms with Crippen LogP contribution in [-0.2, 0) is 9.53 Å². The number of rotatable bonds is 2. The van der Waals surface area contributed by atoms with Crippen LogP contribution in [0.3, 0.4) is 0 Å². The molecule has 1 aromatic carbocycles. The molecule has 1 amide bonds. The van der Waals surface area contributed by atoms with Crippen molar-refractivity contribution in [3.05, 3.63) is 35.9 Å². The zero-order valence-electron chi connectivity index (χ0n) is 12.7. The fourth-order valence-corrected chi connectivity index (χ4v) is 3.95. The Morgan fingerprint density at radius 3 is 2.50 bits per heavy atom.